The van der Waals surface area contributed by atoms with Gasteiger partial charge in [0, 0.05) is 18.7 Å². The molecular formula is C21H25ClN2O3S. The molecule has 28 heavy (non-hydrogen) atoms. The molecule has 0 aliphatic carbocycles. The molecule has 0 bridgehead atoms. The maximum absolute atomic E-state index is 12.6. The Hall–Kier alpha value is -1.89. The molecular weight excluding hydrogens is 396 g/mol. The number of rotatable bonds is 7. The summed E-state index contributed by atoms with van der Waals surface area (Å²) in [4.78, 5) is 14.7. The fourth-order valence-electron chi connectivity index (χ4n) is 3.68. The number of likely N-dealkylation sites (tertiary alicyclic amines) is 1. The molecule has 7 heteroatoms. The number of hydrogen-bond acceptors (Lipinski definition) is 4. The van der Waals surface area contributed by atoms with Crippen molar-refractivity contribution in [3.63, 3.8) is 0 Å². The predicted octanol–water partition coefficient (Wildman–Crippen LogP) is 3.70. The van der Waals surface area contributed by atoms with Crippen LogP contribution in [0, 0.1) is 5.92 Å². The van der Waals surface area contributed by atoms with E-state index in [0.717, 1.165) is 19.4 Å². The molecule has 0 amide bonds. The third-order valence-corrected chi connectivity index (χ3v) is 6.50. The maximum Gasteiger partial charge on any atom is 0.232 e. The van der Waals surface area contributed by atoms with Crippen LogP contribution in [-0.4, -0.2) is 51.5 Å². The quantitative estimate of drug-likeness (QED) is 0.641. The number of anilines is 1. The second-order valence-electron chi connectivity index (χ2n) is 7.28. The Bertz CT molecular complexity index is 918. The van der Waals surface area contributed by atoms with E-state index in [2.05, 4.69) is 4.90 Å². The van der Waals surface area contributed by atoms with Gasteiger partial charge in [0.25, 0.3) is 0 Å². The molecule has 1 heterocycles. The Labute approximate surface area is 172 Å². The number of para-hydroxylation sites is 1. The van der Waals surface area contributed by atoms with Crippen molar-refractivity contribution in [1.29, 1.82) is 0 Å². The molecule has 2 aromatic carbocycles. The zero-order valence-corrected chi connectivity index (χ0v) is 17.5. The molecule has 0 aromatic heterocycles. The third kappa shape index (κ3) is 5.34. The van der Waals surface area contributed by atoms with Crippen LogP contribution in [0.5, 0.6) is 0 Å². The molecule has 2 aromatic rings. The van der Waals surface area contributed by atoms with Gasteiger partial charge in [-0.05, 0) is 49.6 Å². The molecule has 150 valence electrons. The summed E-state index contributed by atoms with van der Waals surface area (Å²) in [6, 6.07) is 16.2. The van der Waals surface area contributed by atoms with Crippen molar-refractivity contribution >= 4 is 33.1 Å². The number of Topliss-reactive ketones (excluding diaryl/α,β-unsaturated/α-hetero) is 1. The van der Waals surface area contributed by atoms with Crippen molar-refractivity contribution < 1.29 is 13.2 Å². The summed E-state index contributed by atoms with van der Waals surface area (Å²) in [5.74, 6) is 0.164. The summed E-state index contributed by atoms with van der Waals surface area (Å²) in [6.45, 7) is 2.23. The van der Waals surface area contributed by atoms with Gasteiger partial charge in [0.05, 0.1) is 23.5 Å². The number of halogens is 1. The lowest BCUT2D eigenvalue weighted by atomic mass is 9.97. The van der Waals surface area contributed by atoms with Gasteiger partial charge in [-0.2, -0.15) is 0 Å². The maximum atomic E-state index is 12.6. The Balaban J connectivity index is 1.67. The van der Waals surface area contributed by atoms with Gasteiger partial charge in [-0.25, -0.2) is 8.42 Å². The third-order valence-electron chi connectivity index (χ3n) is 5.01. The SMILES string of the molecule is CS(=O)(=O)N(CC1CCCN(CC(=O)c2ccccc2Cl)C1)c1ccccc1. The first kappa shape index (κ1) is 20.8. The normalized spacial score (nSPS) is 18.0. The van der Waals surface area contributed by atoms with Crippen molar-refractivity contribution in [2.75, 3.05) is 36.7 Å². The molecule has 1 saturated heterocycles. The number of carbonyl (C=O) groups is 1. The first-order valence-electron chi connectivity index (χ1n) is 9.37. The van der Waals surface area contributed by atoms with Gasteiger partial charge in [0.15, 0.2) is 5.78 Å². The largest absolute Gasteiger partial charge is 0.295 e. The van der Waals surface area contributed by atoms with E-state index in [9.17, 15) is 13.2 Å². The fourth-order valence-corrected chi connectivity index (χ4v) is 4.91. The summed E-state index contributed by atoms with van der Waals surface area (Å²) in [7, 11) is -3.38. The lowest BCUT2D eigenvalue weighted by Crippen LogP contribution is -2.44. The van der Waals surface area contributed by atoms with Crippen molar-refractivity contribution in [1.82, 2.24) is 4.90 Å². The van der Waals surface area contributed by atoms with Crippen LogP contribution in [0.2, 0.25) is 5.02 Å². The van der Waals surface area contributed by atoms with Crippen molar-refractivity contribution in [3.05, 3.63) is 65.2 Å². The molecule has 5 nitrogen and oxygen atoms in total. The summed E-state index contributed by atoms with van der Waals surface area (Å²) < 4.78 is 26.1. The molecule has 3 rings (SSSR count). The number of sulfonamides is 1. The van der Waals surface area contributed by atoms with E-state index in [1.54, 1.807) is 18.2 Å². The van der Waals surface area contributed by atoms with Crippen LogP contribution in [0.3, 0.4) is 0 Å². The highest BCUT2D eigenvalue weighted by Crippen LogP contribution is 2.24. The Kier molecular flexibility index (Phi) is 6.75. The van der Waals surface area contributed by atoms with Crippen LogP contribution >= 0.6 is 11.6 Å². The molecule has 1 atom stereocenters. The minimum atomic E-state index is -3.38. The van der Waals surface area contributed by atoms with Gasteiger partial charge in [0.2, 0.25) is 10.0 Å². The van der Waals surface area contributed by atoms with E-state index < -0.39 is 10.0 Å². The van der Waals surface area contributed by atoms with Crippen molar-refractivity contribution in [2.24, 2.45) is 5.92 Å². The molecule has 1 fully saturated rings. The van der Waals surface area contributed by atoms with E-state index in [1.807, 2.05) is 36.4 Å². The summed E-state index contributed by atoms with van der Waals surface area (Å²) in [5, 5.41) is 0.466. The van der Waals surface area contributed by atoms with Crippen molar-refractivity contribution in [2.45, 2.75) is 12.8 Å². The Morgan fingerprint density at radius 3 is 2.50 bits per heavy atom. The van der Waals surface area contributed by atoms with E-state index in [1.165, 1.54) is 10.6 Å². The van der Waals surface area contributed by atoms with E-state index >= 15 is 0 Å². The smallest absolute Gasteiger partial charge is 0.232 e. The molecule has 0 saturated carbocycles. The van der Waals surface area contributed by atoms with Crippen LogP contribution in [0.4, 0.5) is 5.69 Å². The first-order valence-corrected chi connectivity index (χ1v) is 11.6. The molecule has 0 radical (unpaired) electrons. The number of hydrogen-bond donors (Lipinski definition) is 0. The Morgan fingerprint density at radius 1 is 1.14 bits per heavy atom. The number of ketones is 1. The van der Waals surface area contributed by atoms with Gasteiger partial charge in [0.1, 0.15) is 0 Å². The van der Waals surface area contributed by atoms with Gasteiger partial charge in [-0.15, -0.1) is 0 Å². The van der Waals surface area contributed by atoms with Gasteiger partial charge in [-0.3, -0.25) is 14.0 Å². The number of nitrogens with zero attached hydrogens (tertiary/aromatic N) is 2. The number of piperidine rings is 1. The second kappa shape index (κ2) is 9.07. The van der Waals surface area contributed by atoms with Crippen LogP contribution in [0.1, 0.15) is 23.2 Å². The van der Waals surface area contributed by atoms with E-state index in [-0.39, 0.29) is 11.7 Å². The highest BCUT2D eigenvalue weighted by Gasteiger charge is 2.27. The fraction of sp³-hybridized carbons (Fsp3) is 0.381. The summed E-state index contributed by atoms with van der Waals surface area (Å²) in [6.07, 6.45) is 3.12. The minimum absolute atomic E-state index is 0.00530. The Morgan fingerprint density at radius 2 is 1.82 bits per heavy atom. The van der Waals surface area contributed by atoms with E-state index in [4.69, 9.17) is 11.6 Å². The summed E-state index contributed by atoms with van der Waals surface area (Å²) in [5.41, 5.74) is 1.21. The standard InChI is InChI=1S/C21H25ClN2O3S/c1-28(26,27)24(18-9-3-2-4-10-18)15-17-8-7-13-23(14-17)16-21(25)19-11-5-6-12-20(19)22/h2-6,9-12,17H,7-8,13-16H2,1H3. The zero-order valence-electron chi connectivity index (χ0n) is 15.9. The van der Waals surface area contributed by atoms with E-state index in [0.29, 0.717) is 35.9 Å². The number of benzene rings is 2. The predicted molar refractivity (Wildman–Crippen MR) is 114 cm³/mol. The van der Waals surface area contributed by atoms with Crippen LogP contribution in [0.25, 0.3) is 0 Å². The average Bonchev–Trinajstić information content (AvgIpc) is 2.66. The monoisotopic (exact) mass is 420 g/mol. The molecule has 0 N–H and O–H groups in total. The van der Waals surface area contributed by atoms with Crippen LogP contribution in [0.15, 0.2) is 54.6 Å². The second-order valence-corrected chi connectivity index (χ2v) is 9.59. The van der Waals surface area contributed by atoms with Gasteiger partial charge in [-0.1, -0.05) is 41.9 Å². The number of carbonyl (C=O) groups excluding carboxylic acids is 1. The van der Waals surface area contributed by atoms with Gasteiger partial charge >= 0.3 is 0 Å². The topological polar surface area (TPSA) is 57.7 Å². The molecule has 0 spiro atoms. The summed E-state index contributed by atoms with van der Waals surface area (Å²) >= 11 is 6.14. The first-order chi connectivity index (χ1) is 13.3. The lowest BCUT2D eigenvalue weighted by Gasteiger charge is -2.35. The highest BCUT2D eigenvalue weighted by atomic mass is 35.5. The molecule has 1 unspecified atom stereocenters. The molecule has 1 aliphatic heterocycles. The van der Waals surface area contributed by atoms with Gasteiger partial charge < -0.3 is 0 Å². The minimum Gasteiger partial charge on any atom is -0.295 e. The lowest BCUT2D eigenvalue weighted by molar-refractivity contribution is 0.0889. The highest BCUT2D eigenvalue weighted by molar-refractivity contribution is 7.92. The zero-order chi connectivity index (χ0) is 20.1. The van der Waals surface area contributed by atoms with Crippen LogP contribution in [-0.2, 0) is 10.0 Å². The van der Waals surface area contributed by atoms with Crippen molar-refractivity contribution in [3.8, 4) is 0 Å². The van der Waals surface area contributed by atoms with Crippen LogP contribution < -0.4 is 4.31 Å². The average molecular weight is 421 g/mol. The molecule has 1 aliphatic rings.